The largest absolute Gasteiger partial charge is 0.491 e. The van der Waals surface area contributed by atoms with Crippen molar-refractivity contribution in [3.05, 3.63) is 28.2 Å². The van der Waals surface area contributed by atoms with Crippen molar-refractivity contribution in [2.75, 3.05) is 34.4 Å². The van der Waals surface area contributed by atoms with Gasteiger partial charge in [0.25, 0.3) is 0 Å². The van der Waals surface area contributed by atoms with Crippen LogP contribution in [0, 0.1) is 0 Å². The van der Waals surface area contributed by atoms with Crippen molar-refractivity contribution < 1.29 is 9.47 Å². The Morgan fingerprint density at radius 1 is 1.25 bits per heavy atom. The van der Waals surface area contributed by atoms with Gasteiger partial charge in [-0.15, -0.1) is 0 Å². The van der Waals surface area contributed by atoms with Crippen LogP contribution in [0.1, 0.15) is 5.56 Å². The van der Waals surface area contributed by atoms with E-state index in [0.29, 0.717) is 13.2 Å². The molecule has 0 amide bonds. The summed E-state index contributed by atoms with van der Waals surface area (Å²) in [4.78, 5) is 2.12. The van der Waals surface area contributed by atoms with Crippen LogP contribution in [0.25, 0.3) is 0 Å². The van der Waals surface area contributed by atoms with Gasteiger partial charge in [-0.2, -0.15) is 0 Å². The van der Waals surface area contributed by atoms with Gasteiger partial charge in [-0.3, -0.25) is 0 Å². The third-order valence-electron chi connectivity index (χ3n) is 2.05. The van der Waals surface area contributed by atoms with E-state index >= 15 is 0 Å². The highest BCUT2D eigenvalue weighted by Crippen LogP contribution is 2.24. The van der Waals surface area contributed by atoms with E-state index in [4.69, 9.17) is 9.47 Å². The number of benzene rings is 1. The van der Waals surface area contributed by atoms with E-state index in [1.807, 2.05) is 26.2 Å². The lowest BCUT2D eigenvalue weighted by molar-refractivity contribution is 0.145. The van der Waals surface area contributed by atoms with Crippen molar-refractivity contribution in [2.45, 2.75) is 6.54 Å². The van der Waals surface area contributed by atoms with Gasteiger partial charge in [-0.1, -0.05) is 15.9 Å². The maximum atomic E-state index is 5.66. The summed E-state index contributed by atoms with van der Waals surface area (Å²) in [6.45, 7) is 2.05. The molecule has 4 heteroatoms. The van der Waals surface area contributed by atoms with Crippen molar-refractivity contribution in [1.82, 2.24) is 4.90 Å². The van der Waals surface area contributed by atoms with Crippen LogP contribution in [0.5, 0.6) is 5.75 Å². The van der Waals surface area contributed by atoms with Gasteiger partial charge in [-0.05, 0) is 32.3 Å². The summed E-state index contributed by atoms with van der Waals surface area (Å²) in [7, 11) is 5.76. The number of hydrogen-bond acceptors (Lipinski definition) is 3. The fourth-order valence-electron chi connectivity index (χ4n) is 1.39. The lowest BCUT2D eigenvalue weighted by atomic mass is 10.2. The van der Waals surface area contributed by atoms with Crippen molar-refractivity contribution in [1.29, 1.82) is 0 Å². The molecule has 0 aromatic heterocycles. The Balaban J connectivity index is 2.72. The Hall–Kier alpha value is -0.580. The second-order valence-corrected chi connectivity index (χ2v) is 4.75. The van der Waals surface area contributed by atoms with Crippen LogP contribution in [0.2, 0.25) is 0 Å². The number of methoxy groups -OCH3 is 1. The van der Waals surface area contributed by atoms with Crippen molar-refractivity contribution in [3.8, 4) is 5.75 Å². The van der Waals surface area contributed by atoms with Crippen LogP contribution in [-0.2, 0) is 11.3 Å². The molecule has 90 valence electrons. The minimum atomic E-state index is 0.582. The average Bonchev–Trinajstić information content (AvgIpc) is 2.20. The normalized spacial score (nSPS) is 10.8. The Bertz CT molecular complexity index is 329. The van der Waals surface area contributed by atoms with Gasteiger partial charge < -0.3 is 14.4 Å². The Labute approximate surface area is 105 Å². The number of hydrogen-bond donors (Lipinski definition) is 0. The van der Waals surface area contributed by atoms with Gasteiger partial charge in [0.15, 0.2) is 0 Å². The second-order valence-electron chi connectivity index (χ2n) is 3.83. The minimum Gasteiger partial charge on any atom is -0.491 e. The van der Waals surface area contributed by atoms with E-state index in [1.165, 1.54) is 5.56 Å². The maximum absolute atomic E-state index is 5.66. The van der Waals surface area contributed by atoms with Gasteiger partial charge in [0.2, 0.25) is 0 Å². The summed E-state index contributed by atoms with van der Waals surface area (Å²) < 4.78 is 11.7. The van der Waals surface area contributed by atoms with Crippen molar-refractivity contribution in [2.24, 2.45) is 0 Å². The molecule has 0 bridgehead atoms. The van der Waals surface area contributed by atoms with E-state index in [1.54, 1.807) is 7.11 Å². The molecule has 0 unspecified atom stereocenters. The first-order chi connectivity index (χ1) is 7.63. The molecule has 0 aliphatic carbocycles. The summed E-state index contributed by atoms with van der Waals surface area (Å²) in [5.74, 6) is 0.925. The third-order valence-corrected chi connectivity index (χ3v) is 2.55. The molecule has 1 rings (SSSR count). The monoisotopic (exact) mass is 287 g/mol. The van der Waals surface area contributed by atoms with Crippen LogP contribution >= 0.6 is 15.9 Å². The standard InChI is InChI=1S/C12H18BrNO2/c1-14(2)9-10-8-11(13)4-5-12(10)16-7-6-15-3/h4-5,8H,6-7,9H2,1-3H3. The van der Waals surface area contributed by atoms with E-state index in [9.17, 15) is 0 Å². The Kier molecular flexibility index (Phi) is 5.80. The zero-order valence-corrected chi connectivity index (χ0v) is 11.6. The highest BCUT2D eigenvalue weighted by atomic mass is 79.9. The van der Waals surface area contributed by atoms with Crippen LogP contribution < -0.4 is 4.74 Å². The van der Waals surface area contributed by atoms with Gasteiger partial charge in [0, 0.05) is 23.7 Å². The number of halogens is 1. The van der Waals surface area contributed by atoms with Crippen molar-refractivity contribution >= 4 is 15.9 Å². The van der Waals surface area contributed by atoms with E-state index in [2.05, 4.69) is 26.9 Å². The summed E-state index contributed by atoms with van der Waals surface area (Å²) in [6.07, 6.45) is 0. The summed E-state index contributed by atoms with van der Waals surface area (Å²) >= 11 is 3.47. The summed E-state index contributed by atoms with van der Waals surface area (Å²) in [6, 6.07) is 6.06. The fraction of sp³-hybridized carbons (Fsp3) is 0.500. The van der Waals surface area contributed by atoms with Crippen LogP contribution in [0.15, 0.2) is 22.7 Å². The lowest BCUT2D eigenvalue weighted by Crippen LogP contribution is -2.13. The SMILES string of the molecule is COCCOc1ccc(Br)cc1CN(C)C. The molecule has 0 saturated heterocycles. The van der Waals surface area contributed by atoms with Crippen molar-refractivity contribution in [3.63, 3.8) is 0 Å². The summed E-state index contributed by atoms with van der Waals surface area (Å²) in [5.41, 5.74) is 1.18. The van der Waals surface area contributed by atoms with E-state index in [0.717, 1.165) is 16.8 Å². The highest BCUT2D eigenvalue weighted by molar-refractivity contribution is 9.10. The Morgan fingerprint density at radius 2 is 2.00 bits per heavy atom. The lowest BCUT2D eigenvalue weighted by Gasteiger charge is -2.15. The van der Waals surface area contributed by atoms with Gasteiger partial charge in [0.1, 0.15) is 12.4 Å². The molecule has 0 saturated carbocycles. The molecule has 0 aliphatic rings. The van der Waals surface area contributed by atoms with E-state index < -0.39 is 0 Å². The molecule has 0 spiro atoms. The molecule has 0 N–H and O–H groups in total. The molecule has 16 heavy (non-hydrogen) atoms. The third kappa shape index (κ3) is 4.51. The second kappa shape index (κ2) is 6.89. The quantitative estimate of drug-likeness (QED) is 0.751. The number of nitrogens with zero attached hydrogens (tertiary/aromatic N) is 1. The predicted molar refractivity (Wildman–Crippen MR) is 68.9 cm³/mol. The predicted octanol–water partition coefficient (Wildman–Crippen LogP) is 2.54. The summed E-state index contributed by atoms with van der Waals surface area (Å²) in [5, 5.41) is 0. The molecule has 0 atom stereocenters. The molecule has 3 nitrogen and oxygen atoms in total. The number of rotatable bonds is 6. The minimum absolute atomic E-state index is 0.582. The first-order valence-electron chi connectivity index (χ1n) is 5.18. The maximum Gasteiger partial charge on any atom is 0.123 e. The van der Waals surface area contributed by atoms with Crippen LogP contribution in [0.4, 0.5) is 0 Å². The molecule has 0 radical (unpaired) electrons. The first kappa shape index (κ1) is 13.5. The van der Waals surface area contributed by atoms with E-state index in [-0.39, 0.29) is 0 Å². The molecular formula is C12H18BrNO2. The van der Waals surface area contributed by atoms with Gasteiger partial charge in [-0.25, -0.2) is 0 Å². The molecule has 1 aromatic carbocycles. The zero-order valence-electron chi connectivity index (χ0n) is 10.00. The average molecular weight is 288 g/mol. The van der Waals surface area contributed by atoms with Gasteiger partial charge >= 0.3 is 0 Å². The molecule has 0 fully saturated rings. The Morgan fingerprint density at radius 3 is 2.62 bits per heavy atom. The highest BCUT2D eigenvalue weighted by Gasteiger charge is 2.05. The van der Waals surface area contributed by atoms with Gasteiger partial charge in [0.05, 0.1) is 6.61 Å². The molecule has 0 aliphatic heterocycles. The first-order valence-corrected chi connectivity index (χ1v) is 5.97. The van der Waals surface area contributed by atoms with Crippen LogP contribution in [0.3, 0.4) is 0 Å². The topological polar surface area (TPSA) is 21.7 Å². The zero-order chi connectivity index (χ0) is 12.0. The number of ether oxygens (including phenoxy) is 2. The molecule has 0 heterocycles. The fourth-order valence-corrected chi connectivity index (χ4v) is 1.80. The molecule has 1 aromatic rings. The van der Waals surface area contributed by atoms with Crippen LogP contribution in [-0.4, -0.2) is 39.3 Å². The molecular weight excluding hydrogens is 270 g/mol. The smallest absolute Gasteiger partial charge is 0.123 e.